The molecular weight excluding hydrogens is 178 g/mol. The van der Waals surface area contributed by atoms with Crippen LogP contribution in [0.2, 0.25) is 0 Å². The van der Waals surface area contributed by atoms with Gasteiger partial charge in [-0.2, -0.15) is 5.26 Å². The van der Waals surface area contributed by atoms with Gasteiger partial charge in [-0.05, 0) is 12.8 Å². The Morgan fingerprint density at radius 3 is 2.57 bits per heavy atom. The normalized spacial score (nSPS) is 18.5. The second-order valence-corrected chi connectivity index (χ2v) is 3.62. The molecule has 1 aliphatic carbocycles. The highest BCUT2D eigenvalue weighted by atomic mass is 16.1. The molecule has 1 amide bonds. The summed E-state index contributed by atoms with van der Waals surface area (Å²) in [6.07, 6.45) is 4.54. The van der Waals surface area contributed by atoms with Gasteiger partial charge < -0.3 is 11.1 Å². The van der Waals surface area contributed by atoms with Crippen LogP contribution in [0.25, 0.3) is 0 Å². The molecule has 0 spiro atoms. The summed E-state index contributed by atoms with van der Waals surface area (Å²) in [7, 11) is 0. The molecule has 1 fully saturated rings. The third kappa shape index (κ3) is 2.49. The quantitative estimate of drug-likeness (QED) is 0.688. The van der Waals surface area contributed by atoms with Crippen molar-refractivity contribution >= 4 is 5.91 Å². The van der Waals surface area contributed by atoms with Gasteiger partial charge in [0.25, 0.3) is 0 Å². The average molecular weight is 193 g/mol. The van der Waals surface area contributed by atoms with Crippen LogP contribution >= 0.6 is 0 Å². The number of carbonyl (C=O) groups is 1. The average Bonchev–Trinajstić information content (AvgIpc) is 2.57. The maximum atomic E-state index is 10.8. The number of rotatable bonds is 4. The molecule has 0 heterocycles. The highest BCUT2D eigenvalue weighted by Crippen LogP contribution is 2.19. The van der Waals surface area contributed by atoms with Gasteiger partial charge in [0.1, 0.15) is 0 Å². The summed E-state index contributed by atoms with van der Waals surface area (Å²) in [4.78, 5) is 10.8. The number of nitrogens with zero attached hydrogens (tertiary/aromatic N) is 1. The number of hydrogen-bond acceptors (Lipinski definition) is 3. The maximum absolute atomic E-state index is 10.8. The Morgan fingerprint density at radius 1 is 1.57 bits per heavy atom. The van der Waals surface area contributed by atoms with Gasteiger partial charge in [0.2, 0.25) is 5.91 Å². The number of nitrogens with two attached hydrogens (primary N) is 1. The summed E-state index contributed by atoms with van der Waals surface area (Å²) in [6, 6.07) is 2.20. The minimum Gasteiger partial charge on any atom is -0.385 e. The second-order valence-electron chi connectivity index (χ2n) is 3.62. The van der Waals surface area contributed by atoms with E-state index in [0.29, 0.717) is 11.7 Å². The van der Waals surface area contributed by atoms with Crippen molar-refractivity contribution in [3.05, 3.63) is 12.3 Å². The summed E-state index contributed by atoms with van der Waals surface area (Å²) >= 11 is 0. The fourth-order valence-corrected chi connectivity index (χ4v) is 1.73. The van der Waals surface area contributed by atoms with E-state index in [-0.39, 0.29) is 0 Å². The van der Waals surface area contributed by atoms with Crippen LogP contribution in [0, 0.1) is 17.2 Å². The van der Waals surface area contributed by atoms with E-state index in [1.807, 2.05) is 6.07 Å². The molecule has 0 aliphatic heterocycles. The van der Waals surface area contributed by atoms with E-state index in [9.17, 15) is 4.79 Å². The second kappa shape index (κ2) is 4.66. The lowest BCUT2D eigenvalue weighted by molar-refractivity contribution is -0.119. The van der Waals surface area contributed by atoms with Gasteiger partial charge in [-0.1, -0.05) is 19.4 Å². The summed E-state index contributed by atoms with van der Waals surface area (Å²) < 4.78 is 0. The minimum absolute atomic E-state index is 0.359. The number of amides is 1. The van der Waals surface area contributed by atoms with Crippen LogP contribution in [0.3, 0.4) is 0 Å². The van der Waals surface area contributed by atoms with Crippen LogP contribution in [0.15, 0.2) is 12.3 Å². The lowest BCUT2D eigenvalue weighted by Gasteiger charge is -2.17. The Hall–Kier alpha value is -1.50. The molecule has 4 heteroatoms. The lowest BCUT2D eigenvalue weighted by Crippen LogP contribution is -2.34. The van der Waals surface area contributed by atoms with Crippen LogP contribution in [0.5, 0.6) is 0 Å². The first-order valence-corrected chi connectivity index (χ1v) is 4.79. The molecule has 0 unspecified atom stereocenters. The summed E-state index contributed by atoms with van der Waals surface area (Å²) in [5.74, 6) is -1.54. The topological polar surface area (TPSA) is 78.9 Å². The van der Waals surface area contributed by atoms with E-state index in [1.165, 1.54) is 12.8 Å². The van der Waals surface area contributed by atoms with Crippen LogP contribution in [-0.4, -0.2) is 11.9 Å². The fourth-order valence-electron chi connectivity index (χ4n) is 1.73. The lowest BCUT2D eigenvalue weighted by atomic mass is 10.1. The standard InChI is InChI=1S/C10H15N3O/c1-7(9(6-11)10(12)14)13-8-4-2-3-5-8/h8-9,13H,1-5H2,(H2,12,14)/t9-/m0/s1. The van der Waals surface area contributed by atoms with E-state index in [0.717, 1.165) is 12.8 Å². The number of nitrogens with one attached hydrogen (secondary N) is 1. The van der Waals surface area contributed by atoms with Crippen molar-refractivity contribution in [1.29, 1.82) is 5.26 Å². The largest absolute Gasteiger partial charge is 0.385 e. The zero-order chi connectivity index (χ0) is 10.6. The van der Waals surface area contributed by atoms with Crippen molar-refractivity contribution in [2.24, 2.45) is 11.7 Å². The SMILES string of the molecule is C=C(NC1CCCC1)[C@H](C#N)C(N)=O. The highest BCUT2D eigenvalue weighted by Gasteiger charge is 2.22. The molecule has 1 aliphatic rings. The van der Waals surface area contributed by atoms with Gasteiger partial charge in [0, 0.05) is 11.7 Å². The van der Waals surface area contributed by atoms with E-state index >= 15 is 0 Å². The maximum Gasteiger partial charge on any atom is 0.240 e. The van der Waals surface area contributed by atoms with Crippen LogP contribution in [0.4, 0.5) is 0 Å². The molecule has 1 saturated carbocycles. The van der Waals surface area contributed by atoms with Gasteiger partial charge in [0.15, 0.2) is 5.92 Å². The van der Waals surface area contributed by atoms with Crippen molar-refractivity contribution in [3.8, 4) is 6.07 Å². The summed E-state index contributed by atoms with van der Waals surface area (Å²) in [6.45, 7) is 3.68. The zero-order valence-electron chi connectivity index (χ0n) is 8.12. The predicted molar refractivity (Wildman–Crippen MR) is 52.8 cm³/mol. The first-order chi connectivity index (χ1) is 6.65. The molecule has 1 rings (SSSR count). The van der Waals surface area contributed by atoms with E-state index < -0.39 is 11.8 Å². The molecule has 0 bridgehead atoms. The molecule has 0 saturated heterocycles. The smallest absolute Gasteiger partial charge is 0.240 e. The number of carbonyl (C=O) groups excluding carboxylic acids is 1. The van der Waals surface area contributed by atoms with Crippen molar-refractivity contribution in [2.75, 3.05) is 0 Å². The van der Waals surface area contributed by atoms with Crippen molar-refractivity contribution in [1.82, 2.24) is 5.32 Å². The fraction of sp³-hybridized carbons (Fsp3) is 0.600. The van der Waals surface area contributed by atoms with Crippen LogP contribution in [0.1, 0.15) is 25.7 Å². The van der Waals surface area contributed by atoms with E-state index in [1.54, 1.807) is 0 Å². The molecule has 0 aromatic rings. The van der Waals surface area contributed by atoms with Crippen molar-refractivity contribution < 1.29 is 4.79 Å². The molecule has 76 valence electrons. The molecule has 0 radical (unpaired) electrons. The van der Waals surface area contributed by atoms with Crippen molar-refractivity contribution in [3.63, 3.8) is 0 Å². The molecule has 4 nitrogen and oxygen atoms in total. The number of primary amides is 1. The predicted octanol–water partition coefficient (Wildman–Crippen LogP) is 0.657. The number of hydrogen-bond donors (Lipinski definition) is 2. The molecule has 0 aromatic carbocycles. The van der Waals surface area contributed by atoms with Crippen LogP contribution < -0.4 is 11.1 Å². The van der Waals surface area contributed by atoms with Gasteiger partial charge in [-0.25, -0.2) is 0 Å². The van der Waals surface area contributed by atoms with Gasteiger partial charge in [0.05, 0.1) is 6.07 Å². The number of nitriles is 1. The summed E-state index contributed by atoms with van der Waals surface area (Å²) in [5, 5.41) is 11.8. The van der Waals surface area contributed by atoms with E-state index in [4.69, 9.17) is 11.0 Å². The van der Waals surface area contributed by atoms with Gasteiger partial charge in [-0.15, -0.1) is 0 Å². The van der Waals surface area contributed by atoms with E-state index in [2.05, 4.69) is 11.9 Å². The minimum atomic E-state index is -0.907. The Labute approximate surface area is 83.8 Å². The Morgan fingerprint density at radius 2 is 2.14 bits per heavy atom. The summed E-state index contributed by atoms with van der Waals surface area (Å²) in [5.41, 5.74) is 5.50. The Kier molecular flexibility index (Phi) is 3.52. The Bertz CT molecular complexity index is 274. The van der Waals surface area contributed by atoms with Crippen LogP contribution in [-0.2, 0) is 4.79 Å². The molecule has 14 heavy (non-hydrogen) atoms. The van der Waals surface area contributed by atoms with Gasteiger partial charge >= 0.3 is 0 Å². The molecule has 1 atom stereocenters. The third-order valence-electron chi connectivity index (χ3n) is 2.51. The molecular formula is C10H15N3O. The Balaban J connectivity index is 2.47. The third-order valence-corrected chi connectivity index (χ3v) is 2.51. The highest BCUT2D eigenvalue weighted by molar-refractivity contribution is 5.82. The zero-order valence-corrected chi connectivity index (χ0v) is 8.12. The first-order valence-electron chi connectivity index (χ1n) is 4.79. The van der Waals surface area contributed by atoms with Gasteiger partial charge in [-0.3, -0.25) is 4.79 Å². The monoisotopic (exact) mass is 193 g/mol. The van der Waals surface area contributed by atoms with Crippen molar-refractivity contribution in [2.45, 2.75) is 31.7 Å². The molecule has 3 N–H and O–H groups in total. The first kappa shape index (κ1) is 10.6. The molecule has 0 aromatic heterocycles.